The molecule has 12 aromatic heterocycles. The third-order valence-corrected chi connectivity index (χ3v) is 23.8. The fourth-order valence-electron chi connectivity index (χ4n) is 16.0. The minimum atomic E-state index is -0.0387. The maximum absolute atomic E-state index is 12.5. The lowest BCUT2D eigenvalue weighted by molar-refractivity contribution is 0.0811. The predicted molar refractivity (Wildman–Crippen MR) is 535 cm³/mol. The highest BCUT2D eigenvalue weighted by atomic mass is 16.5. The van der Waals surface area contributed by atoms with Crippen molar-refractivity contribution >= 4 is 114 Å². The quantitative estimate of drug-likeness (QED) is 0.0314. The Balaban J connectivity index is 0.000000132. The number of piperidine rings is 1. The zero-order chi connectivity index (χ0) is 96.1. The second-order valence-corrected chi connectivity index (χ2v) is 34.8. The van der Waals surface area contributed by atoms with Crippen molar-refractivity contribution < 1.29 is 38.1 Å². The fraction of sp³-hybridized carbons (Fsp3) is 0.269. The van der Waals surface area contributed by atoms with E-state index in [-0.39, 0.29) is 29.7 Å². The van der Waals surface area contributed by atoms with E-state index in [0.717, 1.165) is 164 Å². The third-order valence-electron chi connectivity index (χ3n) is 23.8. The van der Waals surface area contributed by atoms with Crippen LogP contribution in [0.2, 0.25) is 0 Å². The van der Waals surface area contributed by atoms with Crippen molar-refractivity contribution in [2.45, 2.75) is 76.9 Å². The van der Waals surface area contributed by atoms with Gasteiger partial charge in [0.25, 0.3) is 23.6 Å². The van der Waals surface area contributed by atoms with Crippen LogP contribution >= 0.6 is 0 Å². The van der Waals surface area contributed by atoms with Crippen LogP contribution in [0.3, 0.4) is 0 Å². The van der Waals surface area contributed by atoms with Crippen LogP contribution in [0.25, 0.3) is 89.2 Å². The van der Waals surface area contributed by atoms with Gasteiger partial charge in [0.1, 0.15) is 51.9 Å². The van der Waals surface area contributed by atoms with Crippen molar-refractivity contribution in [2.24, 2.45) is 34.1 Å². The first-order valence-electron chi connectivity index (χ1n) is 45.4. The molecule has 137 heavy (non-hydrogen) atoms. The number of rotatable bonds is 26. The van der Waals surface area contributed by atoms with Crippen molar-refractivity contribution in [3.8, 4) is 68.5 Å². The molecule has 16 aromatic rings. The summed E-state index contributed by atoms with van der Waals surface area (Å²) in [6, 6.07) is 53.6. The normalized spacial score (nSPS) is 13.9. The summed E-state index contributed by atoms with van der Waals surface area (Å²) in [6.07, 6.45) is 23.6. The molecule has 4 aromatic carbocycles. The number of anilines is 8. The Morgan fingerprint density at radius 1 is 0.372 bits per heavy atom. The van der Waals surface area contributed by atoms with Gasteiger partial charge in [0.05, 0.1) is 93.5 Å². The number of carbonyl (C=O) groups excluding carboxylic acids is 4. The number of carbonyl (C=O) groups is 4. The number of fused-ring (bicyclic) bond motifs is 4. The van der Waals surface area contributed by atoms with Gasteiger partial charge in [-0.15, -0.1) is 0 Å². The number of pyridine rings is 4. The largest absolute Gasteiger partial charge is 0.493 e. The molecule has 2 atom stereocenters. The van der Waals surface area contributed by atoms with Crippen molar-refractivity contribution in [3.63, 3.8) is 0 Å². The molecule has 3 aliphatic rings. The van der Waals surface area contributed by atoms with Crippen LogP contribution in [-0.2, 0) is 28.2 Å². The van der Waals surface area contributed by atoms with Gasteiger partial charge in [0.2, 0.25) is 23.8 Å². The molecule has 33 heteroatoms. The summed E-state index contributed by atoms with van der Waals surface area (Å²) in [7, 11) is 21.6. The molecule has 2 saturated carbocycles. The second kappa shape index (κ2) is 42.2. The van der Waals surface area contributed by atoms with Crippen LogP contribution in [0.5, 0.6) is 23.0 Å². The van der Waals surface area contributed by atoms with Gasteiger partial charge in [-0.3, -0.25) is 39.1 Å². The Hall–Kier alpha value is -16.5. The van der Waals surface area contributed by atoms with Crippen molar-refractivity contribution in [1.29, 1.82) is 0 Å². The summed E-state index contributed by atoms with van der Waals surface area (Å²) >= 11 is 0. The number of amides is 4. The summed E-state index contributed by atoms with van der Waals surface area (Å²) in [5.41, 5.74) is 17.7. The molecule has 0 radical (unpaired) electrons. The zero-order valence-electron chi connectivity index (χ0n) is 79.1. The highest BCUT2D eigenvalue weighted by Gasteiger charge is 2.26. The monoisotopic (exact) mass is 1840 g/mol. The summed E-state index contributed by atoms with van der Waals surface area (Å²) in [5.74, 6) is 5.35. The Labute approximate surface area is 794 Å². The van der Waals surface area contributed by atoms with E-state index in [4.69, 9.17) is 18.9 Å². The van der Waals surface area contributed by atoms with Crippen LogP contribution in [0.15, 0.2) is 244 Å². The van der Waals surface area contributed by atoms with Gasteiger partial charge in [-0.05, 0) is 185 Å². The average Bonchev–Trinajstić information content (AvgIpc) is 1.66. The van der Waals surface area contributed by atoms with Gasteiger partial charge >= 0.3 is 0 Å². The molecule has 2 aliphatic carbocycles. The van der Waals surface area contributed by atoms with E-state index in [9.17, 15) is 19.2 Å². The number of aryl methyl sites for hydroxylation is 4. The maximum atomic E-state index is 12.5. The number of aromatic nitrogens is 16. The Kier molecular flexibility index (Phi) is 28.9. The van der Waals surface area contributed by atoms with E-state index in [1.165, 1.54) is 12.0 Å². The van der Waals surface area contributed by atoms with E-state index >= 15 is 0 Å². The van der Waals surface area contributed by atoms with Crippen molar-refractivity contribution in [2.75, 3.05) is 97.4 Å². The maximum Gasteiger partial charge on any atom is 0.269 e. The molecule has 1 unspecified atom stereocenters. The van der Waals surface area contributed by atoms with E-state index in [0.29, 0.717) is 106 Å². The number of hydrogen-bond donors (Lipinski definition) is 5. The fourth-order valence-corrected chi connectivity index (χ4v) is 16.0. The summed E-state index contributed by atoms with van der Waals surface area (Å²) in [4.78, 5) is 110. The van der Waals surface area contributed by atoms with Gasteiger partial charge < -0.3 is 83.4 Å². The molecule has 3 fully saturated rings. The van der Waals surface area contributed by atoms with Crippen molar-refractivity contribution in [3.05, 3.63) is 267 Å². The van der Waals surface area contributed by atoms with Gasteiger partial charge in [0.15, 0.2) is 0 Å². The first-order chi connectivity index (χ1) is 66.2. The van der Waals surface area contributed by atoms with Gasteiger partial charge in [-0.25, -0.2) is 39.9 Å². The van der Waals surface area contributed by atoms with Crippen molar-refractivity contribution in [1.82, 2.24) is 103 Å². The molecule has 0 spiro atoms. The van der Waals surface area contributed by atoms with Gasteiger partial charge in [0, 0.05) is 208 Å². The lowest BCUT2D eigenvalue weighted by atomic mass is 9.96. The molecule has 700 valence electrons. The molecule has 19 rings (SSSR count). The summed E-state index contributed by atoms with van der Waals surface area (Å²) in [5, 5.41) is 20.3. The van der Waals surface area contributed by atoms with Gasteiger partial charge in [-0.1, -0.05) is 49.9 Å². The van der Waals surface area contributed by atoms with E-state index < -0.39 is 0 Å². The van der Waals surface area contributed by atoms with E-state index in [1.54, 1.807) is 126 Å². The van der Waals surface area contributed by atoms with Crippen LogP contribution in [0, 0.1) is 5.92 Å². The van der Waals surface area contributed by atoms with E-state index in [1.807, 2.05) is 216 Å². The average molecular weight is 1840 g/mol. The molecule has 1 saturated heterocycles. The predicted octanol–water partition coefficient (Wildman–Crippen LogP) is 18.0. The third kappa shape index (κ3) is 22.7. The van der Waals surface area contributed by atoms with Gasteiger partial charge in [-0.2, -0.15) is 0 Å². The van der Waals surface area contributed by atoms with Crippen LogP contribution in [0.4, 0.5) is 46.5 Å². The Morgan fingerprint density at radius 2 is 0.693 bits per heavy atom. The molecule has 4 amide bonds. The zero-order valence-corrected chi connectivity index (χ0v) is 79.1. The summed E-state index contributed by atoms with van der Waals surface area (Å²) in [6.45, 7) is 12.2. The molecule has 33 nitrogen and oxygen atoms in total. The molecule has 1 aliphatic heterocycles. The second-order valence-electron chi connectivity index (χ2n) is 34.8. The number of nitrogens with one attached hydrogen (secondary N) is 5. The number of benzene rings is 4. The highest BCUT2D eigenvalue weighted by Crippen LogP contribution is 2.36. The molecule has 5 N–H and O–H groups in total. The Morgan fingerprint density at radius 3 is 0.993 bits per heavy atom. The molecule has 13 heterocycles. The van der Waals surface area contributed by atoms with Crippen LogP contribution in [0.1, 0.15) is 107 Å². The first-order valence-corrected chi connectivity index (χ1v) is 45.4. The topological polar surface area (TPSA) is 353 Å². The van der Waals surface area contributed by atoms with Crippen LogP contribution in [-0.4, -0.2) is 210 Å². The smallest absolute Gasteiger partial charge is 0.269 e. The number of nitrogens with zero attached hydrogens (tertiary/aromatic N) is 20. The van der Waals surface area contributed by atoms with Crippen LogP contribution < -0.4 is 45.5 Å². The number of hydrogen-bond acceptors (Lipinski definition) is 25. The van der Waals surface area contributed by atoms with E-state index in [2.05, 4.69) is 106 Å². The minimum Gasteiger partial charge on any atom is -0.493 e. The lowest BCUT2D eigenvalue weighted by Gasteiger charge is -2.26. The molecular weight excluding hydrogens is 1730 g/mol. The SMILES string of the molecule is C=C1CCC(COc2ccnc(-c3ccnc(Nc4ccc5cc(C(=O)N(C)C)n(C)c5c4)n3)c2)C1.C=C1CC[C@H](Oc2ccnc(-c3ccnc(Nc4ccc5cc(C(=O)N(C)C)n(C)c5c4)n3)c2)CN1.CCCOc1ccnc(-c2ccnc(Nc3ccc4cc(C(=O)N(C)C)n(C)c4c3)n2)c1.CN(C)C(=O)c1cc2ccc(Nc3nccc(-c4cc(OC5CCC5)ccn4)n3)cc2n1C. The molecule has 0 bridgehead atoms. The molecular formula is C104H111N25O8. The lowest BCUT2D eigenvalue weighted by Crippen LogP contribution is -2.35. The summed E-state index contributed by atoms with van der Waals surface area (Å²) < 4.78 is 31.5. The standard InChI is InChI=1S/C28H30N6O2.C27H29N7O2.C25H26N6O2.C24H26N6O2/c1-18-5-6-19(13-18)17-36-22-9-11-29-24(16-22)23-10-12-30-28(32-23)31-21-8-7-20-14-26(27(35)33(2)3)34(4)25(20)15-21;1-17-5-8-21(16-30-17)36-20-9-11-28-23(15-20)22-10-12-29-27(32-22)31-19-7-6-18-13-25(26(35)33(2)3)34(4)24(18)14-19;1-30(2)24(32)23-13-16-7-8-17(14-22(16)31(23)3)28-25-27-12-10-20(29-25)21-15-19(9-11-26-21)33-18-5-4-6-18;1-5-12-32-18-8-10-25-20(15-18)19-9-11-26-24(28-19)27-17-7-6-16-13-22(23(31)29(2)3)30(4)21(16)14-17/h7-12,14-16,19H,1,5-6,13,17H2,2-4H3,(H,30,31,32);6-7,9-15,21,30H,1,5,8,16H2,2-4H3,(H,29,31,32);7-15,18H,4-6H2,1-3H3,(H,27,28,29);6-11,13-15H,5,12H2,1-4H3,(H,26,27,28)/t;21-;;/m.0../s1. The Bertz CT molecular complexity index is 7140. The first kappa shape index (κ1) is 93.7. The highest BCUT2D eigenvalue weighted by molar-refractivity contribution is 6.02. The minimum absolute atomic E-state index is 0.0322. The number of ether oxygens (including phenoxy) is 4. The number of allylic oxidation sites excluding steroid dienone is 2.